The highest BCUT2D eigenvalue weighted by Crippen LogP contribution is 2.39. The molecule has 0 unspecified atom stereocenters. The van der Waals surface area contributed by atoms with Gasteiger partial charge in [-0.2, -0.15) is 0 Å². The molecular weight excluding hydrogens is 244 g/mol. The summed E-state index contributed by atoms with van der Waals surface area (Å²) < 4.78 is 5.17. The highest BCUT2D eigenvalue weighted by molar-refractivity contribution is 5.99. The molecule has 0 amide bonds. The predicted molar refractivity (Wildman–Crippen MR) is 69.6 cm³/mol. The Morgan fingerprint density at radius 3 is 2.37 bits per heavy atom. The largest absolute Gasteiger partial charge is 0.480 e. The lowest BCUT2D eigenvalue weighted by Gasteiger charge is -2.21. The molecule has 1 aliphatic rings. The van der Waals surface area contributed by atoms with Crippen molar-refractivity contribution in [3.63, 3.8) is 0 Å². The van der Waals surface area contributed by atoms with Gasteiger partial charge in [0.1, 0.15) is 0 Å². The summed E-state index contributed by atoms with van der Waals surface area (Å²) in [6.45, 7) is 0.234. The number of carbonyl (C=O) groups excluding carboxylic acids is 1. The van der Waals surface area contributed by atoms with Crippen LogP contribution in [0.25, 0.3) is 0 Å². The molecule has 0 saturated heterocycles. The van der Waals surface area contributed by atoms with Crippen LogP contribution in [0.3, 0.4) is 0 Å². The quantitative estimate of drug-likeness (QED) is 0.654. The lowest BCUT2D eigenvalue weighted by atomic mass is 9.86. The number of ether oxygens (including phenoxy) is 1. The third-order valence-electron chi connectivity index (χ3n) is 3.72. The maximum Gasteiger partial charge on any atom is 0.323 e. The van der Waals surface area contributed by atoms with Crippen LogP contribution in [0.5, 0.6) is 0 Å². The Morgan fingerprint density at radius 1 is 1.16 bits per heavy atom. The summed E-state index contributed by atoms with van der Waals surface area (Å²) in [5.74, 6) is -1.62. The van der Waals surface area contributed by atoms with Crippen LogP contribution in [0.15, 0.2) is 30.3 Å². The maximum atomic E-state index is 12.0. The Bertz CT molecular complexity index is 446. The molecule has 1 aromatic rings. The van der Waals surface area contributed by atoms with Crippen molar-refractivity contribution in [1.29, 1.82) is 0 Å². The number of hydrogen-bond acceptors (Lipinski definition) is 3. The van der Waals surface area contributed by atoms with E-state index in [1.54, 1.807) is 0 Å². The summed E-state index contributed by atoms with van der Waals surface area (Å²) in [5, 5.41) is 9.25. The van der Waals surface area contributed by atoms with Gasteiger partial charge in [0, 0.05) is 6.42 Å². The van der Waals surface area contributed by atoms with E-state index in [0.29, 0.717) is 19.3 Å². The molecule has 0 atom stereocenters. The van der Waals surface area contributed by atoms with Crippen LogP contribution in [0.2, 0.25) is 0 Å². The Labute approximate surface area is 112 Å². The molecular formula is C15H18O4. The molecule has 1 N–H and O–H groups in total. The Balaban J connectivity index is 1.88. The first kappa shape index (κ1) is 13.6. The standard InChI is InChI=1S/C15H18O4/c16-13(17)15(9-4-5-10-15)14(18)19-11-8-12-6-2-1-3-7-12/h1-3,6-7H,4-5,8-11H2,(H,16,17). The smallest absolute Gasteiger partial charge is 0.323 e. The zero-order valence-corrected chi connectivity index (χ0v) is 10.8. The van der Waals surface area contributed by atoms with Crippen LogP contribution in [0.1, 0.15) is 31.2 Å². The number of esters is 1. The average Bonchev–Trinajstić information content (AvgIpc) is 2.90. The number of benzene rings is 1. The second-order valence-electron chi connectivity index (χ2n) is 4.97. The van der Waals surface area contributed by atoms with Gasteiger partial charge in [-0.3, -0.25) is 9.59 Å². The van der Waals surface area contributed by atoms with Crippen LogP contribution in [0, 0.1) is 5.41 Å². The number of carboxylic acid groups (broad SMARTS) is 1. The van der Waals surface area contributed by atoms with E-state index in [9.17, 15) is 14.7 Å². The minimum atomic E-state index is -1.29. The van der Waals surface area contributed by atoms with Crippen LogP contribution in [-0.2, 0) is 20.7 Å². The lowest BCUT2D eigenvalue weighted by molar-refractivity contribution is -0.168. The van der Waals surface area contributed by atoms with Crippen molar-refractivity contribution in [3.05, 3.63) is 35.9 Å². The molecule has 2 rings (SSSR count). The summed E-state index contributed by atoms with van der Waals surface area (Å²) in [6, 6.07) is 9.68. The molecule has 19 heavy (non-hydrogen) atoms. The summed E-state index contributed by atoms with van der Waals surface area (Å²) in [5.41, 5.74) is -0.220. The van der Waals surface area contributed by atoms with E-state index in [1.807, 2.05) is 30.3 Å². The van der Waals surface area contributed by atoms with Crippen molar-refractivity contribution in [3.8, 4) is 0 Å². The Morgan fingerprint density at radius 2 is 1.79 bits per heavy atom. The van der Waals surface area contributed by atoms with Crippen LogP contribution >= 0.6 is 0 Å². The second-order valence-corrected chi connectivity index (χ2v) is 4.97. The first-order valence-corrected chi connectivity index (χ1v) is 6.60. The number of hydrogen-bond donors (Lipinski definition) is 1. The van der Waals surface area contributed by atoms with Crippen molar-refractivity contribution in [1.82, 2.24) is 0 Å². The van der Waals surface area contributed by atoms with Crippen molar-refractivity contribution < 1.29 is 19.4 Å². The normalized spacial score (nSPS) is 17.1. The monoisotopic (exact) mass is 262 g/mol. The third kappa shape index (κ3) is 2.95. The van der Waals surface area contributed by atoms with Crippen LogP contribution < -0.4 is 0 Å². The molecule has 0 aromatic heterocycles. The summed E-state index contributed by atoms with van der Waals surface area (Å²) in [7, 11) is 0. The molecule has 1 fully saturated rings. The van der Waals surface area contributed by atoms with Gasteiger partial charge in [0.15, 0.2) is 5.41 Å². The zero-order valence-electron chi connectivity index (χ0n) is 10.8. The summed E-state index contributed by atoms with van der Waals surface area (Å²) >= 11 is 0. The molecule has 0 spiro atoms. The van der Waals surface area contributed by atoms with Gasteiger partial charge in [-0.1, -0.05) is 43.2 Å². The minimum absolute atomic E-state index is 0.234. The SMILES string of the molecule is O=C(O)C1(C(=O)OCCc2ccccc2)CCCC1. The van der Waals surface area contributed by atoms with Gasteiger partial charge in [0.05, 0.1) is 6.61 Å². The van der Waals surface area contributed by atoms with Gasteiger partial charge in [-0.25, -0.2) is 0 Å². The van der Waals surface area contributed by atoms with E-state index < -0.39 is 17.4 Å². The van der Waals surface area contributed by atoms with E-state index in [4.69, 9.17) is 4.74 Å². The first-order chi connectivity index (χ1) is 9.15. The number of rotatable bonds is 5. The molecule has 4 nitrogen and oxygen atoms in total. The fourth-order valence-electron chi connectivity index (χ4n) is 2.53. The fraction of sp³-hybridized carbons (Fsp3) is 0.467. The average molecular weight is 262 g/mol. The highest BCUT2D eigenvalue weighted by Gasteiger charge is 2.49. The highest BCUT2D eigenvalue weighted by atomic mass is 16.5. The Kier molecular flexibility index (Phi) is 4.20. The molecule has 1 aromatic carbocycles. The molecule has 1 saturated carbocycles. The molecule has 0 heterocycles. The van der Waals surface area contributed by atoms with E-state index >= 15 is 0 Å². The third-order valence-corrected chi connectivity index (χ3v) is 3.72. The molecule has 0 bridgehead atoms. The topological polar surface area (TPSA) is 63.6 Å². The lowest BCUT2D eigenvalue weighted by Crippen LogP contribution is -2.38. The van der Waals surface area contributed by atoms with Crippen LogP contribution in [0.4, 0.5) is 0 Å². The second kappa shape index (κ2) is 5.87. The van der Waals surface area contributed by atoms with E-state index in [2.05, 4.69) is 0 Å². The van der Waals surface area contributed by atoms with Crippen molar-refractivity contribution in [2.45, 2.75) is 32.1 Å². The first-order valence-electron chi connectivity index (χ1n) is 6.60. The summed E-state index contributed by atoms with van der Waals surface area (Å²) in [4.78, 5) is 23.3. The van der Waals surface area contributed by atoms with Gasteiger partial charge >= 0.3 is 11.9 Å². The molecule has 4 heteroatoms. The van der Waals surface area contributed by atoms with E-state index in [0.717, 1.165) is 18.4 Å². The van der Waals surface area contributed by atoms with Gasteiger partial charge in [-0.15, -0.1) is 0 Å². The van der Waals surface area contributed by atoms with Crippen molar-refractivity contribution >= 4 is 11.9 Å². The van der Waals surface area contributed by atoms with E-state index in [1.165, 1.54) is 0 Å². The number of carbonyl (C=O) groups is 2. The van der Waals surface area contributed by atoms with Gasteiger partial charge in [-0.05, 0) is 18.4 Å². The number of aliphatic carboxylic acids is 1. The number of carboxylic acids is 1. The summed E-state index contributed by atoms with van der Waals surface area (Å²) in [6.07, 6.45) is 2.96. The maximum absolute atomic E-state index is 12.0. The molecule has 0 radical (unpaired) electrons. The van der Waals surface area contributed by atoms with Crippen LogP contribution in [-0.4, -0.2) is 23.7 Å². The predicted octanol–water partition coefficient (Wildman–Crippen LogP) is 2.42. The van der Waals surface area contributed by atoms with Gasteiger partial charge in [0.2, 0.25) is 0 Å². The van der Waals surface area contributed by atoms with Gasteiger partial charge in [0.25, 0.3) is 0 Å². The van der Waals surface area contributed by atoms with Crippen molar-refractivity contribution in [2.75, 3.05) is 6.61 Å². The molecule has 0 aliphatic heterocycles. The van der Waals surface area contributed by atoms with Crippen molar-refractivity contribution in [2.24, 2.45) is 5.41 Å². The minimum Gasteiger partial charge on any atom is -0.480 e. The van der Waals surface area contributed by atoms with Gasteiger partial charge < -0.3 is 9.84 Å². The Hall–Kier alpha value is -1.84. The molecule has 1 aliphatic carbocycles. The van der Waals surface area contributed by atoms with E-state index in [-0.39, 0.29) is 6.61 Å². The molecule has 102 valence electrons. The zero-order chi connectivity index (χ0) is 13.7. The fourth-order valence-corrected chi connectivity index (χ4v) is 2.53.